The van der Waals surface area contributed by atoms with Gasteiger partial charge in [0.25, 0.3) is 0 Å². The number of benzene rings is 1. The molecule has 1 saturated carbocycles. The normalized spacial score (nSPS) is 22.2. The lowest BCUT2D eigenvalue weighted by atomic mass is 9.95. The summed E-state index contributed by atoms with van der Waals surface area (Å²) < 4.78 is 0. The molecule has 5 heteroatoms. The first-order valence-corrected chi connectivity index (χ1v) is 6.32. The maximum atomic E-state index is 12.1. The van der Waals surface area contributed by atoms with Crippen molar-refractivity contribution in [2.75, 3.05) is 5.32 Å². The Labute approximate surface area is 111 Å². The molecule has 0 heterocycles. The predicted molar refractivity (Wildman–Crippen MR) is 69.9 cm³/mol. The predicted octanol–water partition coefficient (Wildman–Crippen LogP) is 2.14. The summed E-state index contributed by atoms with van der Waals surface area (Å²) in [7, 11) is 0. The van der Waals surface area contributed by atoms with Gasteiger partial charge in [0.05, 0.1) is 11.8 Å². The van der Waals surface area contributed by atoms with Crippen molar-refractivity contribution >= 4 is 17.6 Å². The minimum atomic E-state index is -0.903. The van der Waals surface area contributed by atoms with Crippen molar-refractivity contribution in [2.45, 2.75) is 26.2 Å². The molecule has 19 heavy (non-hydrogen) atoms. The van der Waals surface area contributed by atoms with Crippen molar-refractivity contribution in [3.05, 3.63) is 23.8 Å². The number of hydrogen-bond donors (Lipinski definition) is 3. The zero-order chi connectivity index (χ0) is 14.0. The highest BCUT2D eigenvalue weighted by atomic mass is 16.4. The van der Waals surface area contributed by atoms with Crippen molar-refractivity contribution < 1.29 is 19.8 Å². The van der Waals surface area contributed by atoms with Gasteiger partial charge in [0.2, 0.25) is 5.91 Å². The SMILES string of the molecule is Cc1cc(O)ccc1NC(=O)C1CCCC1C(=O)O. The first-order valence-electron chi connectivity index (χ1n) is 6.32. The van der Waals surface area contributed by atoms with Crippen LogP contribution in [0.4, 0.5) is 5.69 Å². The molecule has 1 aromatic rings. The van der Waals surface area contributed by atoms with Crippen molar-refractivity contribution in [2.24, 2.45) is 11.8 Å². The molecule has 3 N–H and O–H groups in total. The number of carbonyl (C=O) groups excluding carboxylic acids is 1. The Morgan fingerprint density at radius 1 is 1.26 bits per heavy atom. The molecule has 0 aliphatic heterocycles. The van der Waals surface area contributed by atoms with Gasteiger partial charge in [-0.15, -0.1) is 0 Å². The van der Waals surface area contributed by atoms with Gasteiger partial charge < -0.3 is 15.5 Å². The molecule has 1 aliphatic rings. The second-order valence-electron chi connectivity index (χ2n) is 4.97. The van der Waals surface area contributed by atoms with Crippen molar-refractivity contribution in [3.8, 4) is 5.75 Å². The fourth-order valence-corrected chi connectivity index (χ4v) is 2.58. The minimum Gasteiger partial charge on any atom is -0.508 e. The molecule has 2 rings (SSSR count). The van der Waals surface area contributed by atoms with E-state index < -0.39 is 17.8 Å². The van der Waals surface area contributed by atoms with E-state index in [-0.39, 0.29) is 11.7 Å². The lowest BCUT2D eigenvalue weighted by molar-refractivity contribution is -0.145. The highest BCUT2D eigenvalue weighted by Gasteiger charge is 2.37. The van der Waals surface area contributed by atoms with Gasteiger partial charge in [-0.3, -0.25) is 9.59 Å². The van der Waals surface area contributed by atoms with E-state index in [1.165, 1.54) is 6.07 Å². The molecule has 0 radical (unpaired) electrons. The van der Waals surface area contributed by atoms with Gasteiger partial charge in [-0.05, 0) is 43.5 Å². The number of amides is 1. The smallest absolute Gasteiger partial charge is 0.307 e. The van der Waals surface area contributed by atoms with Gasteiger partial charge >= 0.3 is 5.97 Å². The number of nitrogens with one attached hydrogen (secondary N) is 1. The molecule has 0 aromatic heterocycles. The summed E-state index contributed by atoms with van der Waals surface area (Å²) in [5, 5.41) is 21.1. The topological polar surface area (TPSA) is 86.6 Å². The van der Waals surface area contributed by atoms with Gasteiger partial charge in [0.1, 0.15) is 5.75 Å². The molecule has 1 amide bonds. The maximum absolute atomic E-state index is 12.1. The molecule has 0 bridgehead atoms. The second-order valence-corrected chi connectivity index (χ2v) is 4.97. The molecule has 1 fully saturated rings. The number of carboxylic acids is 1. The molecule has 0 saturated heterocycles. The summed E-state index contributed by atoms with van der Waals surface area (Å²) in [4.78, 5) is 23.2. The lowest BCUT2D eigenvalue weighted by Gasteiger charge is -2.16. The van der Waals surface area contributed by atoms with Crippen LogP contribution >= 0.6 is 0 Å². The quantitative estimate of drug-likeness (QED) is 0.729. The third kappa shape index (κ3) is 2.86. The van der Waals surface area contributed by atoms with Crippen molar-refractivity contribution in [1.82, 2.24) is 0 Å². The van der Waals surface area contributed by atoms with Gasteiger partial charge in [-0.2, -0.15) is 0 Å². The zero-order valence-electron chi connectivity index (χ0n) is 10.7. The third-order valence-electron chi connectivity index (χ3n) is 3.64. The Morgan fingerprint density at radius 3 is 2.58 bits per heavy atom. The van der Waals surface area contributed by atoms with E-state index in [1.807, 2.05) is 0 Å². The summed E-state index contributed by atoms with van der Waals surface area (Å²) in [6.07, 6.45) is 1.94. The van der Waals surface area contributed by atoms with Crippen LogP contribution in [0.25, 0.3) is 0 Å². The fourth-order valence-electron chi connectivity index (χ4n) is 2.58. The van der Waals surface area contributed by atoms with Crippen LogP contribution in [-0.2, 0) is 9.59 Å². The number of rotatable bonds is 3. The second kappa shape index (κ2) is 5.30. The number of aryl methyl sites for hydroxylation is 1. The molecular weight excluding hydrogens is 246 g/mol. The van der Waals surface area contributed by atoms with Crippen LogP contribution in [-0.4, -0.2) is 22.1 Å². The van der Waals surface area contributed by atoms with E-state index in [0.717, 1.165) is 12.0 Å². The van der Waals surface area contributed by atoms with Crippen LogP contribution in [0.2, 0.25) is 0 Å². The van der Waals surface area contributed by atoms with E-state index in [2.05, 4.69) is 5.32 Å². The molecule has 1 aliphatic carbocycles. The van der Waals surface area contributed by atoms with Crippen LogP contribution in [0.3, 0.4) is 0 Å². The van der Waals surface area contributed by atoms with Crippen LogP contribution < -0.4 is 5.32 Å². The average Bonchev–Trinajstić information content (AvgIpc) is 2.82. The van der Waals surface area contributed by atoms with E-state index in [0.29, 0.717) is 18.5 Å². The zero-order valence-corrected chi connectivity index (χ0v) is 10.7. The summed E-state index contributed by atoms with van der Waals surface area (Å²) in [5.74, 6) is -2.07. The van der Waals surface area contributed by atoms with E-state index in [4.69, 9.17) is 5.11 Å². The molecule has 2 unspecified atom stereocenters. The number of phenols is 1. The Hall–Kier alpha value is -2.04. The van der Waals surface area contributed by atoms with Crippen LogP contribution in [0.15, 0.2) is 18.2 Å². The third-order valence-corrected chi connectivity index (χ3v) is 3.64. The molecule has 1 aromatic carbocycles. The number of hydrogen-bond acceptors (Lipinski definition) is 3. The highest BCUT2D eigenvalue weighted by Crippen LogP contribution is 2.33. The average molecular weight is 263 g/mol. The van der Waals surface area contributed by atoms with E-state index in [1.54, 1.807) is 19.1 Å². The summed E-state index contributed by atoms with van der Waals surface area (Å²) in [6, 6.07) is 4.66. The molecule has 0 spiro atoms. The van der Waals surface area contributed by atoms with Crippen LogP contribution in [0, 0.1) is 18.8 Å². The molecule has 2 atom stereocenters. The first kappa shape index (κ1) is 13.4. The molecular formula is C14H17NO4. The summed E-state index contributed by atoms with van der Waals surface area (Å²) in [6.45, 7) is 1.78. The molecule has 102 valence electrons. The first-order chi connectivity index (χ1) is 8.99. The summed E-state index contributed by atoms with van der Waals surface area (Å²) >= 11 is 0. The van der Waals surface area contributed by atoms with Crippen molar-refractivity contribution in [3.63, 3.8) is 0 Å². The fraction of sp³-hybridized carbons (Fsp3) is 0.429. The Morgan fingerprint density at radius 2 is 1.95 bits per heavy atom. The Kier molecular flexibility index (Phi) is 3.74. The minimum absolute atomic E-state index is 0.139. The van der Waals surface area contributed by atoms with Crippen LogP contribution in [0.5, 0.6) is 5.75 Å². The van der Waals surface area contributed by atoms with Gasteiger partial charge in [0.15, 0.2) is 0 Å². The number of phenolic OH excluding ortho intramolecular Hbond substituents is 1. The standard InChI is InChI=1S/C14H17NO4/c1-8-7-9(16)5-6-12(8)15-13(17)10-3-2-4-11(10)14(18)19/h5-7,10-11,16H,2-4H2,1H3,(H,15,17)(H,18,19). The monoisotopic (exact) mass is 263 g/mol. The van der Waals surface area contributed by atoms with Crippen molar-refractivity contribution in [1.29, 1.82) is 0 Å². The Balaban J connectivity index is 2.10. The van der Waals surface area contributed by atoms with Gasteiger partial charge in [0, 0.05) is 5.69 Å². The van der Waals surface area contributed by atoms with E-state index >= 15 is 0 Å². The Bertz CT molecular complexity index is 512. The van der Waals surface area contributed by atoms with E-state index in [9.17, 15) is 14.7 Å². The number of carboxylic acid groups (broad SMARTS) is 1. The molecule has 5 nitrogen and oxygen atoms in total. The van der Waals surface area contributed by atoms with Gasteiger partial charge in [-0.1, -0.05) is 6.42 Å². The highest BCUT2D eigenvalue weighted by molar-refractivity contribution is 5.96. The van der Waals surface area contributed by atoms with Gasteiger partial charge in [-0.25, -0.2) is 0 Å². The number of aromatic hydroxyl groups is 1. The summed E-state index contributed by atoms with van der Waals surface area (Å²) in [5.41, 5.74) is 1.36. The lowest BCUT2D eigenvalue weighted by Crippen LogP contribution is -2.30. The number of anilines is 1. The number of aliphatic carboxylic acids is 1. The van der Waals surface area contributed by atoms with Crippen LogP contribution in [0.1, 0.15) is 24.8 Å². The largest absolute Gasteiger partial charge is 0.508 e. The number of carbonyl (C=O) groups is 2. The maximum Gasteiger partial charge on any atom is 0.307 e.